The van der Waals surface area contributed by atoms with E-state index in [2.05, 4.69) is 25.9 Å². The number of benzene rings is 2. The Balaban J connectivity index is 1.40. The van der Waals surface area contributed by atoms with Crippen LogP contribution in [0.15, 0.2) is 67.0 Å². The molecule has 4 rings (SSSR count). The molecule has 2 aromatic heterocycles. The summed E-state index contributed by atoms with van der Waals surface area (Å²) >= 11 is 0. The highest BCUT2D eigenvalue weighted by molar-refractivity contribution is 6.06. The summed E-state index contributed by atoms with van der Waals surface area (Å²) in [6, 6.07) is 15.7. The van der Waals surface area contributed by atoms with Gasteiger partial charge in [0.1, 0.15) is 5.82 Å². The van der Waals surface area contributed by atoms with Crippen LogP contribution in [0.4, 0.5) is 16.2 Å². The largest absolute Gasteiger partial charge is 0.334 e. The number of hydrogen-bond acceptors (Lipinski definition) is 4. The van der Waals surface area contributed by atoms with Crippen molar-refractivity contribution in [3.05, 3.63) is 83.9 Å². The highest BCUT2D eigenvalue weighted by atomic mass is 16.2. The Morgan fingerprint density at radius 1 is 0.968 bits per heavy atom. The van der Waals surface area contributed by atoms with Gasteiger partial charge in [0, 0.05) is 42.9 Å². The zero-order valence-corrected chi connectivity index (χ0v) is 17.2. The summed E-state index contributed by atoms with van der Waals surface area (Å²) in [6.45, 7) is 2.31. The van der Waals surface area contributed by atoms with Gasteiger partial charge in [-0.2, -0.15) is 0 Å². The average molecular weight is 414 g/mol. The monoisotopic (exact) mass is 414 g/mol. The number of anilines is 2. The van der Waals surface area contributed by atoms with Crippen molar-refractivity contribution >= 4 is 34.3 Å². The van der Waals surface area contributed by atoms with Crippen LogP contribution in [0.2, 0.25) is 0 Å². The lowest BCUT2D eigenvalue weighted by Gasteiger charge is -2.10. The molecule has 156 valence electrons. The van der Waals surface area contributed by atoms with E-state index in [0.29, 0.717) is 23.5 Å². The molecule has 0 saturated heterocycles. The van der Waals surface area contributed by atoms with Crippen LogP contribution in [0, 0.1) is 6.92 Å². The molecule has 4 aromatic rings. The molecule has 0 aliphatic rings. The van der Waals surface area contributed by atoms with Crippen LogP contribution in [0.25, 0.3) is 11.0 Å². The maximum absolute atomic E-state index is 12.7. The fourth-order valence-corrected chi connectivity index (χ4v) is 3.20. The Labute approximate surface area is 179 Å². The third-order valence-electron chi connectivity index (χ3n) is 4.95. The Morgan fingerprint density at radius 2 is 1.71 bits per heavy atom. The van der Waals surface area contributed by atoms with E-state index in [1.54, 1.807) is 48.8 Å². The smallest absolute Gasteiger partial charge is 0.319 e. The fraction of sp³-hybridized carbons (Fsp3) is 0.130. The van der Waals surface area contributed by atoms with Crippen molar-refractivity contribution in [3.8, 4) is 0 Å². The standard InChI is InChI=1S/C23H22N6O2/c1-15-26-20-12-17(6-7-21(20)29(15)2)22(30)27-18-4-3-5-19(13-18)28-23(31)25-14-16-8-10-24-11-9-16/h3-13H,14H2,1-2H3,(H,27,30)(H2,25,28,31). The molecule has 0 unspecified atom stereocenters. The van der Waals surface area contributed by atoms with Crippen LogP contribution < -0.4 is 16.0 Å². The molecule has 0 saturated carbocycles. The quantitative estimate of drug-likeness (QED) is 0.462. The van der Waals surface area contributed by atoms with Crippen molar-refractivity contribution < 1.29 is 9.59 Å². The van der Waals surface area contributed by atoms with E-state index in [9.17, 15) is 9.59 Å². The van der Waals surface area contributed by atoms with E-state index >= 15 is 0 Å². The minimum absolute atomic E-state index is 0.246. The van der Waals surface area contributed by atoms with Crippen molar-refractivity contribution in [3.63, 3.8) is 0 Å². The number of aromatic nitrogens is 3. The molecule has 3 amide bonds. The molecule has 2 heterocycles. The first-order valence-electron chi connectivity index (χ1n) is 9.78. The Morgan fingerprint density at radius 3 is 2.48 bits per heavy atom. The van der Waals surface area contributed by atoms with E-state index in [-0.39, 0.29) is 11.9 Å². The number of amides is 3. The topological polar surface area (TPSA) is 101 Å². The van der Waals surface area contributed by atoms with E-state index in [4.69, 9.17) is 0 Å². The van der Waals surface area contributed by atoms with Crippen LogP contribution in [0.5, 0.6) is 0 Å². The highest BCUT2D eigenvalue weighted by Gasteiger charge is 2.11. The van der Waals surface area contributed by atoms with Gasteiger partial charge in [0.05, 0.1) is 11.0 Å². The second-order valence-corrected chi connectivity index (χ2v) is 7.12. The van der Waals surface area contributed by atoms with E-state index < -0.39 is 0 Å². The number of carbonyl (C=O) groups excluding carboxylic acids is 2. The molecule has 0 spiro atoms. The SMILES string of the molecule is Cc1nc2cc(C(=O)Nc3cccc(NC(=O)NCc4ccncc4)c3)ccc2n1C. The summed E-state index contributed by atoms with van der Waals surface area (Å²) < 4.78 is 1.98. The molecular weight excluding hydrogens is 392 g/mol. The number of hydrogen-bond donors (Lipinski definition) is 3. The van der Waals surface area contributed by atoms with Gasteiger partial charge in [-0.3, -0.25) is 9.78 Å². The van der Waals surface area contributed by atoms with Crippen LogP contribution in [0.1, 0.15) is 21.7 Å². The Bertz CT molecular complexity index is 1250. The molecular formula is C23H22N6O2. The molecule has 31 heavy (non-hydrogen) atoms. The van der Waals surface area contributed by atoms with Crippen LogP contribution in [-0.4, -0.2) is 26.5 Å². The van der Waals surface area contributed by atoms with Crippen LogP contribution in [0.3, 0.4) is 0 Å². The zero-order chi connectivity index (χ0) is 21.8. The second-order valence-electron chi connectivity index (χ2n) is 7.12. The van der Waals surface area contributed by atoms with E-state index in [0.717, 1.165) is 22.4 Å². The summed E-state index contributed by atoms with van der Waals surface area (Å²) in [7, 11) is 1.94. The maximum atomic E-state index is 12.7. The number of fused-ring (bicyclic) bond motifs is 1. The van der Waals surface area contributed by atoms with Gasteiger partial charge in [0.25, 0.3) is 5.91 Å². The van der Waals surface area contributed by atoms with Crippen LogP contribution >= 0.6 is 0 Å². The Hall–Kier alpha value is -4.20. The summed E-state index contributed by atoms with van der Waals surface area (Å²) in [4.78, 5) is 33.3. The number of carbonyl (C=O) groups is 2. The molecule has 0 atom stereocenters. The lowest BCUT2D eigenvalue weighted by molar-refractivity contribution is 0.102. The molecule has 0 bridgehead atoms. The number of aryl methyl sites for hydroxylation is 2. The number of imidazole rings is 1. The average Bonchev–Trinajstić information content (AvgIpc) is 3.06. The molecule has 0 aliphatic carbocycles. The molecule has 0 radical (unpaired) electrons. The van der Waals surface area contributed by atoms with E-state index in [1.807, 2.05) is 36.7 Å². The third kappa shape index (κ3) is 4.69. The first-order chi connectivity index (χ1) is 15.0. The van der Waals surface area contributed by atoms with Gasteiger partial charge in [-0.05, 0) is 61.0 Å². The first kappa shape index (κ1) is 20.1. The van der Waals surface area contributed by atoms with Crippen molar-refractivity contribution in [1.82, 2.24) is 19.9 Å². The van der Waals surface area contributed by atoms with Gasteiger partial charge in [-0.15, -0.1) is 0 Å². The van der Waals surface area contributed by atoms with Gasteiger partial charge in [0.2, 0.25) is 0 Å². The summed E-state index contributed by atoms with van der Waals surface area (Å²) in [5.41, 5.74) is 4.35. The number of rotatable bonds is 5. The van der Waals surface area contributed by atoms with Crippen LogP contribution in [-0.2, 0) is 13.6 Å². The van der Waals surface area contributed by atoms with Crippen molar-refractivity contribution in [2.75, 3.05) is 10.6 Å². The van der Waals surface area contributed by atoms with Crippen molar-refractivity contribution in [1.29, 1.82) is 0 Å². The van der Waals surface area contributed by atoms with Gasteiger partial charge >= 0.3 is 6.03 Å². The zero-order valence-electron chi connectivity index (χ0n) is 17.2. The van der Waals surface area contributed by atoms with Crippen molar-refractivity contribution in [2.24, 2.45) is 7.05 Å². The Kier molecular flexibility index (Phi) is 5.61. The molecule has 2 aromatic carbocycles. The highest BCUT2D eigenvalue weighted by Crippen LogP contribution is 2.19. The minimum Gasteiger partial charge on any atom is -0.334 e. The number of urea groups is 1. The summed E-state index contributed by atoms with van der Waals surface area (Å²) in [5.74, 6) is 0.637. The third-order valence-corrected chi connectivity index (χ3v) is 4.95. The molecule has 8 heteroatoms. The van der Waals surface area contributed by atoms with Gasteiger partial charge in [-0.1, -0.05) is 6.07 Å². The summed E-state index contributed by atoms with van der Waals surface area (Å²) in [6.07, 6.45) is 3.35. The second kappa shape index (κ2) is 8.66. The number of pyridine rings is 1. The van der Waals surface area contributed by atoms with E-state index in [1.165, 1.54) is 0 Å². The minimum atomic E-state index is -0.337. The maximum Gasteiger partial charge on any atom is 0.319 e. The molecule has 8 nitrogen and oxygen atoms in total. The number of nitrogens with one attached hydrogen (secondary N) is 3. The van der Waals surface area contributed by atoms with Gasteiger partial charge in [0.15, 0.2) is 0 Å². The summed E-state index contributed by atoms with van der Waals surface area (Å²) in [5, 5.41) is 8.42. The lowest BCUT2D eigenvalue weighted by Crippen LogP contribution is -2.28. The fourth-order valence-electron chi connectivity index (χ4n) is 3.20. The van der Waals surface area contributed by atoms with Gasteiger partial charge in [-0.25, -0.2) is 9.78 Å². The normalized spacial score (nSPS) is 10.6. The molecule has 0 fully saturated rings. The number of nitrogens with zero attached hydrogens (tertiary/aromatic N) is 3. The van der Waals surface area contributed by atoms with Gasteiger partial charge < -0.3 is 20.5 Å². The molecule has 0 aliphatic heterocycles. The van der Waals surface area contributed by atoms with Crippen molar-refractivity contribution in [2.45, 2.75) is 13.5 Å². The predicted octanol–water partition coefficient (Wildman–Crippen LogP) is 3.85. The lowest BCUT2D eigenvalue weighted by atomic mass is 10.1. The predicted molar refractivity (Wildman–Crippen MR) is 120 cm³/mol. The first-order valence-corrected chi connectivity index (χ1v) is 9.78. The molecule has 3 N–H and O–H groups in total.